The molecule has 0 radical (unpaired) electrons. The Morgan fingerprint density at radius 1 is 1.47 bits per heavy atom. The second-order valence-corrected chi connectivity index (χ2v) is 4.70. The molecule has 0 aliphatic carbocycles. The number of methoxy groups -OCH3 is 1. The van der Waals surface area contributed by atoms with Crippen LogP contribution in [0.4, 0.5) is 0 Å². The van der Waals surface area contributed by atoms with E-state index in [4.69, 9.17) is 26.2 Å². The molecule has 0 amide bonds. The van der Waals surface area contributed by atoms with Crippen LogP contribution in [0.3, 0.4) is 0 Å². The Labute approximate surface area is 117 Å². The van der Waals surface area contributed by atoms with E-state index >= 15 is 0 Å². The fourth-order valence-corrected chi connectivity index (χ4v) is 1.81. The number of rotatable bonds is 7. The molecule has 0 bridgehead atoms. The maximum Gasteiger partial charge on any atom is 0.317 e. The number of nitrogens with one attached hydrogen (secondary N) is 1. The highest BCUT2D eigenvalue weighted by molar-refractivity contribution is 6.30. The number of benzene rings is 1. The first-order chi connectivity index (χ1) is 8.93. The van der Waals surface area contributed by atoms with Crippen molar-refractivity contribution in [1.29, 1.82) is 0 Å². The smallest absolute Gasteiger partial charge is 0.317 e. The average Bonchev–Trinajstić information content (AvgIpc) is 2.31. The van der Waals surface area contributed by atoms with E-state index in [0.717, 1.165) is 5.56 Å². The van der Waals surface area contributed by atoms with Crippen LogP contribution in [0.25, 0.3) is 0 Å². The average molecular weight is 288 g/mol. The molecule has 2 N–H and O–H groups in total. The summed E-state index contributed by atoms with van der Waals surface area (Å²) in [6.07, 6.45) is -0.0201. The van der Waals surface area contributed by atoms with E-state index in [9.17, 15) is 4.79 Å². The highest BCUT2D eigenvalue weighted by Crippen LogP contribution is 2.35. The molecule has 1 aromatic rings. The predicted octanol–water partition coefficient (Wildman–Crippen LogP) is 2.31. The second kappa shape index (κ2) is 7.21. The molecule has 106 valence electrons. The molecular formula is C13H18ClNO4. The van der Waals surface area contributed by atoms with Crippen LogP contribution in [-0.4, -0.2) is 30.8 Å². The Kier molecular flexibility index (Phi) is 5.92. The molecule has 0 saturated heterocycles. The van der Waals surface area contributed by atoms with Crippen LogP contribution in [-0.2, 0) is 11.3 Å². The molecule has 0 aliphatic rings. The van der Waals surface area contributed by atoms with Gasteiger partial charge in [0.05, 0.1) is 19.8 Å². The molecule has 0 unspecified atom stereocenters. The van der Waals surface area contributed by atoms with Crippen molar-refractivity contribution < 1.29 is 19.4 Å². The summed E-state index contributed by atoms with van der Waals surface area (Å²) in [6, 6.07) is 3.40. The Balaban J connectivity index is 2.97. The summed E-state index contributed by atoms with van der Waals surface area (Å²) < 4.78 is 11.0. The van der Waals surface area contributed by atoms with Gasteiger partial charge in [0.2, 0.25) is 0 Å². The van der Waals surface area contributed by atoms with Crippen LogP contribution < -0.4 is 14.8 Å². The van der Waals surface area contributed by atoms with E-state index in [1.807, 2.05) is 13.8 Å². The largest absolute Gasteiger partial charge is 0.493 e. The van der Waals surface area contributed by atoms with Gasteiger partial charge in [-0.1, -0.05) is 11.6 Å². The summed E-state index contributed by atoms with van der Waals surface area (Å²) in [5, 5.41) is 11.9. The third-order valence-electron chi connectivity index (χ3n) is 2.26. The van der Waals surface area contributed by atoms with E-state index < -0.39 is 5.97 Å². The Morgan fingerprint density at radius 2 is 2.16 bits per heavy atom. The van der Waals surface area contributed by atoms with Gasteiger partial charge < -0.3 is 19.9 Å². The molecule has 0 aliphatic heterocycles. The van der Waals surface area contributed by atoms with E-state index in [-0.39, 0.29) is 12.6 Å². The molecule has 5 nitrogen and oxygen atoms in total. The number of hydrogen-bond acceptors (Lipinski definition) is 4. The number of ether oxygens (including phenoxy) is 2. The molecule has 6 heteroatoms. The zero-order valence-electron chi connectivity index (χ0n) is 11.2. The Morgan fingerprint density at radius 3 is 2.68 bits per heavy atom. The molecule has 1 rings (SSSR count). The van der Waals surface area contributed by atoms with Crippen molar-refractivity contribution in [2.24, 2.45) is 0 Å². The first-order valence-electron chi connectivity index (χ1n) is 5.89. The van der Waals surface area contributed by atoms with Crippen LogP contribution in [0.5, 0.6) is 11.5 Å². The van der Waals surface area contributed by atoms with Crippen LogP contribution in [0, 0.1) is 0 Å². The lowest BCUT2D eigenvalue weighted by atomic mass is 10.1. The third kappa shape index (κ3) is 4.96. The highest BCUT2D eigenvalue weighted by atomic mass is 35.5. The van der Waals surface area contributed by atoms with E-state index in [0.29, 0.717) is 23.1 Å². The third-order valence-corrected chi connectivity index (χ3v) is 2.48. The zero-order chi connectivity index (χ0) is 14.4. The van der Waals surface area contributed by atoms with Crippen molar-refractivity contribution in [2.75, 3.05) is 13.7 Å². The number of hydrogen-bond donors (Lipinski definition) is 2. The minimum absolute atomic E-state index is 0.0201. The number of carboxylic acids is 1. The van der Waals surface area contributed by atoms with Gasteiger partial charge in [-0.05, 0) is 19.9 Å². The molecule has 0 aromatic heterocycles. The van der Waals surface area contributed by atoms with Crippen LogP contribution in [0.1, 0.15) is 19.4 Å². The van der Waals surface area contributed by atoms with Gasteiger partial charge >= 0.3 is 5.97 Å². The Hall–Kier alpha value is -1.46. The van der Waals surface area contributed by atoms with Crippen LogP contribution in [0.2, 0.25) is 5.02 Å². The first-order valence-corrected chi connectivity index (χ1v) is 6.27. The van der Waals surface area contributed by atoms with Crippen molar-refractivity contribution in [2.45, 2.75) is 26.5 Å². The summed E-state index contributed by atoms with van der Waals surface area (Å²) in [5.74, 6) is 0.202. The minimum atomic E-state index is -0.916. The SMILES string of the molecule is COc1cc(Cl)cc(CNCC(=O)O)c1OC(C)C. The summed E-state index contributed by atoms with van der Waals surface area (Å²) in [5.41, 5.74) is 0.763. The minimum Gasteiger partial charge on any atom is -0.493 e. The summed E-state index contributed by atoms with van der Waals surface area (Å²) in [6.45, 7) is 4.02. The number of carbonyl (C=O) groups is 1. The lowest BCUT2D eigenvalue weighted by molar-refractivity contribution is -0.136. The zero-order valence-corrected chi connectivity index (χ0v) is 12.0. The van der Waals surface area contributed by atoms with E-state index in [1.54, 1.807) is 12.1 Å². The lowest BCUT2D eigenvalue weighted by Gasteiger charge is -2.18. The number of halogens is 1. The summed E-state index contributed by atoms with van der Waals surface area (Å²) in [7, 11) is 1.54. The van der Waals surface area contributed by atoms with Gasteiger partial charge in [-0.15, -0.1) is 0 Å². The lowest BCUT2D eigenvalue weighted by Crippen LogP contribution is -2.22. The van der Waals surface area contributed by atoms with Gasteiger partial charge in [0.15, 0.2) is 11.5 Å². The topological polar surface area (TPSA) is 67.8 Å². The molecule has 0 saturated carbocycles. The normalized spacial score (nSPS) is 10.6. The summed E-state index contributed by atoms with van der Waals surface area (Å²) >= 11 is 6.00. The maximum atomic E-state index is 10.5. The van der Waals surface area contributed by atoms with Crippen LogP contribution in [0.15, 0.2) is 12.1 Å². The molecular weight excluding hydrogens is 270 g/mol. The van der Waals surface area contributed by atoms with Crippen molar-refractivity contribution in [3.05, 3.63) is 22.7 Å². The molecule has 1 aromatic carbocycles. The second-order valence-electron chi connectivity index (χ2n) is 4.26. The fraction of sp³-hybridized carbons (Fsp3) is 0.462. The molecule has 0 atom stereocenters. The molecule has 0 fully saturated rings. The number of carboxylic acid groups (broad SMARTS) is 1. The fourth-order valence-electron chi connectivity index (χ4n) is 1.58. The standard InChI is InChI=1S/C13H18ClNO4/c1-8(2)19-13-9(6-15-7-12(16)17)4-10(14)5-11(13)18-3/h4-5,8,15H,6-7H2,1-3H3,(H,16,17). The quantitative estimate of drug-likeness (QED) is 0.805. The van der Waals surface area contributed by atoms with E-state index in [2.05, 4.69) is 5.32 Å². The molecule has 0 heterocycles. The number of aliphatic carboxylic acids is 1. The summed E-state index contributed by atoms with van der Waals surface area (Å²) in [4.78, 5) is 10.5. The monoisotopic (exact) mass is 287 g/mol. The van der Waals surface area contributed by atoms with Crippen molar-refractivity contribution in [1.82, 2.24) is 5.32 Å². The van der Waals surface area contributed by atoms with E-state index in [1.165, 1.54) is 7.11 Å². The van der Waals surface area contributed by atoms with Gasteiger partial charge in [-0.25, -0.2) is 0 Å². The van der Waals surface area contributed by atoms with Gasteiger partial charge in [0, 0.05) is 23.2 Å². The predicted molar refractivity (Wildman–Crippen MR) is 73.1 cm³/mol. The van der Waals surface area contributed by atoms with Gasteiger partial charge in [0.25, 0.3) is 0 Å². The Bertz CT molecular complexity index is 449. The highest BCUT2D eigenvalue weighted by Gasteiger charge is 2.14. The van der Waals surface area contributed by atoms with Gasteiger partial charge in [-0.3, -0.25) is 4.79 Å². The van der Waals surface area contributed by atoms with Crippen LogP contribution >= 0.6 is 11.6 Å². The maximum absolute atomic E-state index is 10.5. The molecule has 0 spiro atoms. The van der Waals surface area contributed by atoms with Crippen molar-refractivity contribution in [3.8, 4) is 11.5 Å². The van der Waals surface area contributed by atoms with Crippen molar-refractivity contribution >= 4 is 17.6 Å². The first kappa shape index (κ1) is 15.6. The molecule has 19 heavy (non-hydrogen) atoms. The van der Waals surface area contributed by atoms with Crippen molar-refractivity contribution in [3.63, 3.8) is 0 Å². The van der Waals surface area contributed by atoms with Gasteiger partial charge in [0.1, 0.15) is 0 Å². The van der Waals surface area contributed by atoms with Gasteiger partial charge in [-0.2, -0.15) is 0 Å².